The predicted octanol–water partition coefficient (Wildman–Crippen LogP) is 2.71. The van der Waals surface area contributed by atoms with Crippen molar-refractivity contribution in [2.24, 2.45) is 0 Å². The third-order valence-corrected chi connectivity index (χ3v) is 5.59. The Morgan fingerprint density at radius 2 is 1.64 bits per heavy atom. The molecule has 6 heteroatoms. The van der Waals surface area contributed by atoms with Crippen LogP contribution in [0.5, 0.6) is 0 Å². The molecule has 2 aromatic rings. The van der Waals surface area contributed by atoms with Gasteiger partial charge in [-0.2, -0.15) is 0 Å². The summed E-state index contributed by atoms with van der Waals surface area (Å²) in [4.78, 5) is 23.7. The van der Waals surface area contributed by atoms with E-state index in [0.717, 1.165) is 57.2 Å². The van der Waals surface area contributed by atoms with Crippen LogP contribution in [-0.4, -0.2) is 60.1 Å². The van der Waals surface area contributed by atoms with E-state index in [-0.39, 0.29) is 6.03 Å². The highest BCUT2D eigenvalue weighted by atomic mass is 16.2. The van der Waals surface area contributed by atoms with Crippen molar-refractivity contribution in [1.82, 2.24) is 20.1 Å². The van der Waals surface area contributed by atoms with E-state index in [1.54, 1.807) is 0 Å². The maximum atomic E-state index is 12.5. The molecule has 0 saturated carbocycles. The molecule has 0 unspecified atom stereocenters. The fraction of sp³-hybridized carbons (Fsp3) is 0.455. The molecule has 1 N–H and O–H groups in total. The average Bonchev–Trinajstić information content (AvgIpc) is 3.29. The molecule has 4 rings (SSSR count). The molecule has 28 heavy (non-hydrogen) atoms. The quantitative estimate of drug-likeness (QED) is 0.868. The van der Waals surface area contributed by atoms with Gasteiger partial charge in [-0.25, -0.2) is 9.78 Å². The number of nitrogens with zero attached hydrogens (tertiary/aromatic N) is 4. The van der Waals surface area contributed by atoms with Crippen molar-refractivity contribution in [3.63, 3.8) is 0 Å². The molecule has 2 fully saturated rings. The van der Waals surface area contributed by atoms with Crippen molar-refractivity contribution in [3.05, 3.63) is 59.8 Å². The molecular formula is C22H29N5O. The van der Waals surface area contributed by atoms with Crippen molar-refractivity contribution in [3.8, 4) is 0 Å². The van der Waals surface area contributed by atoms with Gasteiger partial charge in [0.15, 0.2) is 0 Å². The number of aromatic nitrogens is 1. The maximum absolute atomic E-state index is 12.5. The monoisotopic (exact) mass is 379 g/mol. The number of urea groups is 1. The van der Waals surface area contributed by atoms with Gasteiger partial charge in [0, 0.05) is 58.6 Å². The first-order valence-electron chi connectivity index (χ1n) is 10.3. The number of hydrogen-bond acceptors (Lipinski definition) is 4. The average molecular weight is 380 g/mol. The van der Waals surface area contributed by atoms with Crippen LogP contribution >= 0.6 is 0 Å². The summed E-state index contributed by atoms with van der Waals surface area (Å²) in [7, 11) is 0. The highest BCUT2D eigenvalue weighted by Crippen LogP contribution is 2.17. The van der Waals surface area contributed by atoms with Gasteiger partial charge in [-0.3, -0.25) is 4.90 Å². The van der Waals surface area contributed by atoms with Crippen LogP contribution < -0.4 is 10.2 Å². The second kappa shape index (κ2) is 9.06. The topological polar surface area (TPSA) is 51.7 Å². The van der Waals surface area contributed by atoms with E-state index in [1.165, 1.54) is 18.4 Å². The van der Waals surface area contributed by atoms with E-state index >= 15 is 0 Å². The van der Waals surface area contributed by atoms with Gasteiger partial charge in [0.25, 0.3) is 0 Å². The SMILES string of the molecule is O=C(NCc1ccc(N2CCCC2)nc1)N1CCN(Cc2ccccc2)CC1. The van der Waals surface area contributed by atoms with Crippen LogP contribution in [0.1, 0.15) is 24.0 Å². The fourth-order valence-corrected chi connectivity index (χ4v) is 3.89. The number of hydrogen-bond donors (Lipinski definition) is 1. The Hall–Kier alpha value is -2.60. The third-order valence-electron chi connectivity index (χ3n) is 5.59. The Morgan fingerprint density at radius 3 is 2.32 bits per heavy atom. The molecule has 2 aliphatic rings. The fourth-order valence-electron chi connectivity index (χ4n) is 3.89. The molecule has 3 heterocycles. The second-order valence-electron chi connectivity index (χ2n) is 7.63. The molecule has 0 bridgehead atoms. The number of nitrogens with one attached hydrogen (secondary N) is 1. The Labute approximate surface area is 167 Å². The smallest absolute Gasteiger partial charge is 0.317 e. The normalized spacial score (nSPS) is 17.7. The number of anilines is 1. The lowest BCUT2D eigenvalue weighted by atomic mass is 10.2. The van der Waals surface area contributed by atoms with Gasteiger partial charge in [-0.1, -0.05) is 36.4 Å². The predicted molar refractivity (Wildman–Crippen MR) is 111 cm³/mol. The molecule has 0 spiro atoms. The highest BCUT2D eigenvalue weighted by molar-refractivity contribution is 5.74. The third kappa shape index (κ3) is 4.81. The summed E-state index contributed by atoms with van der Waals surface area (Å²) in [6.07, 6.45) is 4.38. The molecule has 1 aromatic carbocycles. The zero-order chi connectivity index (χ0) is 19.2. The van der Waals surface area contributed by atoms with Crippen LogP contribution in [0, 0.1) is 0 Å². The second-order valence-corrected chi connectivity index (χ2v) is 7.63. The van der Waals surface area contributed by atoms with Gasteiger partial charge in [0.05, 0.1) is 0 Å². The Balaban J connectivity index is 1.20. The molecule has 148 valence electrons. The number of rotatable bonds is 5. The number of amides is 2. The standard InChI is InChI=1S/C22H29N5O/c28-22(24-17-20-8-9-21(23-16-20)26-10-4-5-11-26)27-14-12-25(13-15-27)18-19-6-2-1-3-7-19/h1-3,6-9,16H,4-5,10-15,17-18H2,(H,24,28). The van der Waals surface area contributed by atoms with Crippen LogP contribution in [0.2, 0.25) is 0 Å². The summed E-state index contributed by atoms with van der Waals surface area (Å²) in [6.45, 7) is 7.03. The van der Waals surface area contributed by atoms with E-state index in [0.29, 0.717) is 6.54 Å². The van der Waals surface area contributed by atoms with Crippen LogP contribution in [0.25, 0.3) is 0 Å². The number of piperazine rings is 1. The zero-order valence-electron chi connectivity index (χ0n) is 16.4. The van der Waals surface area contributed by atoms with Crippen LogP contribution in [0.4, 0.5) is 10.6 Å². The molecular weight excluding hydrogens is 350 g/mol. The summed E-state index contributed by atoms with van der Waals surface area (Å²) < 4.78 is 0. The molecule has 1 aromatic heterocycles. The van der Waals surface area contributed by atoms with E-state index in [2.05, 4.69) is 56.5 Å². The zero-order valence-corrected chi connectivity index (χ0v) is 16.4. The van der Waals surface area contributed by atoms with Crippen molar-refractivity contribution in [2.45, 2.75) is 25.9 Å². The van der Waals surface area contributed by atoms with Crippen molar-refractivity contribution in [2.75, 3.05) is 44.2 Å². The van der Waals surface area contributed by atoms with Crippen molar-refractivity contribution >= 4 is 11.8 Å². The lowest BCUT2D eigenvalue weighted by molar-refractivity contribution is 0.135. The lowest BCUT2D eigenvalue weighted by Crippen LogP contribution is -2.51. The molecule has 0 aliphatic carbocycles. The number of carbonyl (C=O) groups excluding carboxylic acids is 1. The molecule has 2 amide bonds. The van der Waals surface area contributed by atoms with E-state index < -0.39 is 0 Å². The van der Waals surface area contributed by atoms with Crippen LogP contribution in [0.15, 0.2) is 48.7 Å². The van der Waals surface area contributed by atoms with Crippen LogP contribution in [0.3, 0.4) is 0 Å². The Kier molecular flexibility index (Phi) is 6.07. The van der Waals surface area contributed by atoms with Crippen molar-refractivity contribution in [1.29, 1.82) is 0 Å². The Morgan fingerprint density at radius 1 is 0.893 bits per heavy atom. The first-order valence-corrected chi connectivity index (χ1v) is 10.3. The van der Waals surface area contributed by atoms with Crippen LogP contribution in [-0.2, 0) is 13.1 Å². The Bertz CT molecular complexity index is 750. The van der Waals surface area contributed by atoms with E-state index in [9.17, 15) is 4.79 Å². The summed E-state index contributed by atoms with van der Waals surface area (Å²) in [5.74, 6) is 1.04. The summed E-state index contributed by atoms with van der Waals surface area (Å²) in [5.41, 5.74) is 2.37. The van der Waals surface area contributed by atoms with Gasteiger partial charge < -0.3 is 15.1 Å². The summed E-state index contributed by atoms with van der Waals surface area (Å²) in [6, 6.07) is 14.7. The van der Waals surface area contributed by atoms with Crippen molar-refractivity contribution < 1.29 is 4.79 Å². The first-order chi connectivity index (χ1) is 13.8. The number of benzene rings is 1. The molecule has 6 nitrogen and oxygen atoms in total. The van der Waals surface area contributed by atoms with Gasteiger partial charge in [0.2, 0.25) is 0 Å². The van der Waals surface area contributed by atoms with Gasteiger partial charge in [0.1, 0.15) is 5.82 Å². The molecule has 2 aliphatic heterocycles. The van der Waals surface area contributed by atoms with E-state index in [4.69, 9.17) is 0 Å². The summed E-state index contributed by atoms with van der Waals surface area (Å²) in [5, 5.41) is 3.04. The minimum atomic E-state index is 0.0166. The number of pyridine rings is 1. The summed E-state index contributed by atoms with van der Waals surface area (Å²) >= 11 is 0. The van der Waals surface area contributed by atoms with Gasteiger partial charge in [-0.15, -0.1) is 0 Å². The maximum Gasteiger partial charge on any atom is 0.317 e. The first kappa shape index (κ1) is 18.7. The minimum Gasteiger partial charge on any atom is -0.357 e. The molecule has 0 radical (unpaired) electrons. The van der Waals surface area contributed by atoms with E-state index in [1.807, 2.05) is 17.2 Å². The number of carbonyl (C=O) groups is 1. The molecule has 2 saturated heterocycles. The molecule has 0 atom stereocenters. The largest absolute Gasteiger partial charge is 0.357 e. The van der Waals surface area contributed by atoms with Gasteiger partial charge >= 0.3 is 6.03 Å². The lowest BCUT2D eigenvalue weighted by Gasteiger charge is -2.34. The van der Waals surface area contributed by atoms with Gasteiger partial charge in [-0.05, 0) is 30.0 Å². The highest BCUT2D eigenvalue weighted by Gasteiger charge is 2.21. The minimum absolute atomic E-state index is 0.0166.